The minimum absolute atomic E-state index is 0. The molecule has 1 radical (unpaired) electrons. The number of hydrogen-bond acceptors (Lipinski definition) is 8. The Kier molecular flexibility index (Phi) is 16.2. The fraction of sp³-hybridized carbons (Fsp3) is 0.448. The molecule has 2 aromatic carbocycles. The molecule has 2 N–H and O–H groups in total. The number of nitrogens with zero attached hydrogens (tertiary/aromatic N) is 2. The molecule has 0 saturated heterocycles. The van der Waals surface area contributed by atoms with Crippen molar-refractivity contribution in [2.24, 2.45) is 9.98 Å². The van der Waals surface area contributed by atoms with Crippen LogP contribution in [0.25, 0.3) is 0 Å². The molecular weight excluding hydrogens is 645 g/mol. The zero-order chi connectivity index (χ0) is 33.1. The van der Waals surface area contributed by atoms with E-state index >= 15 is 0 Å². The summed E-state index contributed by atoms with van der Waals surface area (Å²) in [6, 6.07) is 2.62. The van der Waals surface area contributed by atoms with Gasteiger partial charge in [-0.25, -0.2) is 0 Å². The summed E-state index contributed by atoms with van der Waals surface area (Å²) in [6.45, 7) is 5.20. The summed E-state index contributed by atoms with van der Waals surface area (Å²) in [6.07, 6.45) is -4.50. The minimum Gasteiger partial charge on any atom is -0.550 e. The average Bonchev–Trinajstić information content (AvgIpc) is 3.32. The van der Waals surface area contributed by atoms with E-state index in [1.165, 1.54) is 12.4 Å². The maximum atomic E-state index is 13.2. The summed E-state index contributed by atoms with van der Waals surface area (Å²) < 4.78 is 79.4. The molecule has 1 aliphatic carbocycles. The predicted octanol–water partition coefficient (Wildman–Crippen LogP) is 4.23. The Hall–Kier alpha value is -3.59. The van der Waals surface area contributed by atoms with E-state index in [2.05, 4.69) is 9.98 Å². The number of alkyl halides is 6. The van der Waals surface area contributed by atoms with Crippen molar-refractivity contribution in [3.05, 3.63) is 57.6 Å². The van der Waals surface area contributed by atoms with Gasteiger partial charge in [0.1, 0.15) is 11.5 Å². The van der Waals surface area contributed by atoms with Gasteiger partial charge in [-0.3, -0.25) is 9.98 Å². The molecule has 3 rings (SSSR count). The number of phenols is 2. The van der Waals surface area contributed by atoms with Crippen LogP contribution in [-0.2, 0) is 51.6 Å². The Morgan fingerprint density at radius 3 is 1.32 bits per heavy atom. The SMILES string of the molecule is CC(=O)[O-].CC(=O)[O-].CCc1cc(C(F)(F)F)cc(C=NC2CCCC2N=Cc2cc(C(F)(F)F)cc(CC)c2O)c1O.[Co+2]. The first kappa shape index (κ1) is 40.4. The second kappa shape index (κ2) is 17.6. The molecule has 245 valence electrons. The molecule has 15 heteroatoms. The Morgan fingerprint density at radius 2 is 1.07 bits per heavy atom. The standard InChI is InChI=1S/C25H26F6N2O2.2C2H4O2.Co/c1-3-14-8-18(24(26,27)28)10-16(22(14)34)12-32-20-6-5-7-21(20)33-13-17-11-19(25(29,30)31)9-15(4-2)23(17)35;2*1-2(3)4;/h8-13,20-21,34-35H,3-7H2,1-2H3;2*1H3,(H,3,4);/q;;;+2/p-2. The number of aliphatic imine (C=N–C) groups is 2. The van der Waals surface area contributed by atoms with Gasteiger partial charge in [0.2, 0.25) is 0 Å². The number of hydrogen-bond donors (Lipinski definition) is 2. The third kappa shape index (κ3) is 13.0. The van der Waals surface area contributed by atoms with Crippen LogP contribution in [0.15, 0.2) is 34.3 Å². The molecule has 2 unspecified atom stereocenters. The molecule has 0 heterocycles. The van der Waals surface area contributed by atoms with E-state index in [9.17, 15) is 36.6 Å². The van der Waals surface area contributed by atoms with Crippen molar-refractivity contribution in [1.29, 1.82) is 0 Å². The third-order valence-corrected chi connectivity index (χ3v) is 6.11. The monoisotopic (exact) mass is 677 g/mol. The summed E-state index contributed by atoms with van der Waals surface area (Å²) in [7, 11) is 0. The Morgan fingerprint density at radius 1 is 0.773 bits per heavy atom. The number of benzene rings is 2. The number of carbonyl (C=O) groups is 2. The summed E-state index contributed by atoms with van der Waals surface area (Å²) in [5.74, 6) is -2.72. The maximum absolute atomic E-state index is 13.2. The molecule has 44 heavy (non-hydrogen) atoms. The van der Waals surface area contributed by atoms with E-state index in [0.29, 0.717) is 19.3 Å². The molecule has 2 aromatic rings. The molecule has 1 aliphatic rings. The van der Waals surface area contributed by atoms with E-state index in [-0.39, 0.29) is 63.4 Å². The van der Waals surface area contributed by atoms with Gasteiger partial charge in [0.15, 0.2) is 0 Å². The van der Waals surface area contributed by atoms with Crippen LogP contribution in [0.5, 0.6) is 11.5 Å². The van der Waals surface area contributed by atoms with Crippen molar-refractivity contribution in [3.63, 3.8) is 0 Å². The van der Waals surface area contributed by atoms with Gasteiger partial charge >= 0.3 is 29.1 Å². The van der Waals surface area contributed by atoms with Crippen molar-refractivity contribution in [1.82, 2.24) is 0 Å². The number of carboxylic acid groups (broad SMARTS) is 2. The van der Waals surface area contributed by atoms with Gasteiger partial charge in [-0.2, -0.15) is 26.3 Å². The first-order valence-electron chi connectivity index (χ1n) is 13.1. The van der Waals surface area contributed by atoms with Crippen molar-refractivity contribution in [2.45, 2.75) is 84.2 Å². The molecule has 2 atom stereocenters. The average molecular weight is 678 g/mol. The van der Waals surface area contributed by atoms with E-state index in [1.54, 1.807) is 13.8 Å². The number of aryl methyl sites for hydroxylation is 2. The topological polar surface area (TPSA) is 145 Å². The number of halogens is 6. The van der Waals surface area contributed by atoms with Crippen molar-refractivity contribution >= 4 is 24.4 Å². The molecule has 0 spiro atoms. The Labute approximate surface area is 260 Å². The molecule has 0 aromatic heterocycles. The minimum atomic E-state index is -4.58. The van der Waals surface area contributed by atoms with Crippen molar-refractivity contribution in [3.8, 4) is 11.5 Å². The van der Waals surface area contributed by atoms with E-state index < -0.39 is 47.5 Å². The molecule has 0 aliphatic heterocycles. The summed E-state index contributed by atoms with van der Waals surface area (Å²) in [5, 5.41) is 38.4. The summed E-state index contributed by atoms with van der Waals surface area (Å²) in [4.78, 5) is 26.5. The van der Waals surface area contributed by atoms with Crippen molar-refractivity contribution in [2.75, 3.05) is 0 Å². The number of carbonyl (C=O) groups excluding carboxylic acids is 2. The molecule has 1 saturated carbocycles. The van der Waals surface area contributed by atoms with Gasteiger partial charge in [0.25, 0.3) is 0 Å². The van der Waals surface area contributed by atoms with Gasteiger partial charge in [0, 0.05) is 35.5 Å². The van der Waals surface area contributed by atoms with E-state index in [1.807, 2.05) is 0 Å². The van der Waals surface area contributed by atoms with Gasteiger partial charge in [0.05, 0.1) is 23.2 Å². The first-order chi connectivity index (χ1) is 19.8. The predicted molar refractivity (Wildman–Crippen MR) is 143 cm³/mol. The van der Waals surface area contributed by atoms with Crippen LogP contribution >= 0.6 is 0 Å². The van der Waals surface area contributed by atoms with Crippen LogP contribution in [0.3, 0.4) is 0 Å². The van der Waals surface area contributed by atoms with Crippen LogP contribution in [0, 0.1) is 0 Å². The molecule has 0 bridgehead atoms. The van der Waals surface area contributed by atoms with E-state index in [4.69, 9.17) is 19.8 Å². The molecule has 8 nitrogen and oxygen atoms in total. The summed E-state index contributed by atoms with van der Waals surface area (Å²) >= 11 is 0. The quantitative estimate of drug-likeness (QED) is 0.346. The van der Waals surface area contributed by atoms with Crippen LogP contribution in [0.4, 0.5) is 26.3 Å². The number of aromatic hydroxyl groups is 2. The third-order valence-electron chi connectivity index (χ3n) is 6.11. The zero-order valence-corrected chi connectivity index (χ0v) is 25.2. The maximum Gasteiger partial charge on any atom is 2.00 e. The second-order valence-corrected chi connectivity index (χ2v) is 9.45. The van der Waals surface area contributed by atoms with Crippen LogP contribution in [-0.4, -0.2) is 46.7 Å². The van der Waals surface area contributed by atoms with Gasteiger partial charge < -0.3 is 30.0 Å². The number of rotatable bonds is 6. The first-order valence-corrected chi connectivity index (χ1v) is 13.1. The smallest absolute Gasteiger partial charge is 0.550 e. The van der Waals surface area contributed by atoms with Crippen LogP contribution in [0.1, 0.15) is 80.3 Å². The van der Waals surface area contributed by atoms with Gasteiger partial charge in [-0.1, -0.05) is 13.8 Å². The van der Waals surface area contributed by atoms with E-state index in [0.717, 1.165) is 38.1 Å². The number of phenolic OH excluding ortho intramolecular Hbond substituents is 2. The number of carboxylic acids is 2. The Bertz CT molecular complexity index is 1220. The molecule has 1 fully saturated rings. The van der Waals surface area contributed by atoms with Crippen LogP contribution < -0.4 is 10.2 Å². The largest absolute Gasteiger partial charge is 2.00 e. The zero-order valence-electron chi connectivity index (χ0n) is 24.2. The van der Waals surface area contributed by atoms with Gasteiger partial charge in [-0.15, -0.1) is 0 Å². The number of aliphatic carboxylic acids is 2. The molecule has 0 amide bonds. The Balaban J connectivity index is 0.00000183. The normalized spacial score (nSPS) is 16.5. The fourth-order valence-corrected chi connectivity index (χ4v) is 4.12. The second-order valence-electron chi connectivity index (χ2n) is 9.45. The van der Waals surface area contributed by atoms with Crippen LogP contribution in [0.2, 0.25) is 0 Å². The molecular formula is C29H32CoF6N2O6. The van der Waals surface area contributed by atoms with Gasteiger partial charge in [-0.05, 0) is 81.3 Å². The fourth-order valence-electron chi connectivity index (χ4n) is 4.12. The van der Waals surface area contributed by atoms with Crippen molar-refractivity contribution < 1.29 is 73.1 Å². The summed E-state index contributed by atoms with van der Waals surface area (Å²) in [5.41, 5.74) is -1.60.